The average molecular weight is 1530 g/mol. The van der Waals surface area contributed by atoms with Gasteiger partial charge in [-0.25, -0.2) is 19.9 Å². The van der Waals surface area contributed by atoms with Gasteiger partial charge in [-0.05, 0) is 242 Å². The number of hydrogen-bond donors (Lipinski definition) is 3. The minimum atomic E-state index is 0.0659. The summed E-state index contributed by atoms with van der Waals surface area (Å²) in [4.78, 5) is 46.7. The van der Waals surface area contributed by atoms with Crippen LogP contribution in [0.2, 0.25) is 0 Å². The molecule has 0 aromatic carbocycles. The van der Waals surface area contributed by atoms with Gasteiger partial charge >= 0.3 is 0 Å². The summed E-state index contributed by atoms with van der Waals surface area (Å²) in [5.74, 6) is 5.85. The summed E-state index contributed by atoms with van der Waals surface area (Å²) in [6, 6.07) is 23.9. The highest BCUT2D eigenvalue weighted by Gasteiger charge is 2.08. The van der Waals surface area contributed by atoms with Crippen LogP contribution in [-0.4, -0.2) is 71.9 Å². The van der Waals surface area contributed by atoms with Gasteiger partial charge in [0, 0.05) is 108 Å². The van der Waals surface area contributed by atoms with Crippen molar-refractivity contribution in [1.82, 2.24) is 75.6 Å². The van der Waals surface area contributed by atoms with Gasteiger partial charge in [-0.2, -0.15) is 30.6 Å². The second kappa shape index (κ2) is 53.4. The molecule has 0 spiro atoms. The molecule has 19 nitrogen and oxygen atoms in total. The molecule has 19 heteroatoms. The minimum absolute atomic E-state index is 0.0659. The first-order chi connectivity index (χ1) is 52.5. The zero-order valence-electron chi connectivity index (χ0n) is 73.6. The van der Waals surface area contributed by atoms with Gasteiger partial charge in [0.05, 0.1) is 36.2 Å². The molecule has 0 aliphatic carbocycles. The van der Waals surface area contributed by atoms with E-state index in [-0.39, 0.29) is 11.1 Å². The van der Waals surface area contributed by atoms with Gasteiger partial charge in [0.25, 0.3) is 11.1 Å². The Kier molecular flexibility index (Phi) is 47.4. The lowest BCUT2D eigenvalue weighted by Gasteiger charge is -2.12. The third kappa shape index (κ3) is 43.1. The Balaban J connectivity index is 0.000000616. The van der Waals surface area contributed by atoms with Crippen LogP contribution in [0.4, 0.5) is 0 Å². The second-order valence-electron chi connectivity index (χ2n) is 31.1. The van der Waals surface area contributed by atoms with E-state index in [0.717, 1.165) is 73.8 Å². The summed E-state index contributed by atoms with van der Waals surface area (Å²) >= 11 is 0. The predicted molar refractivity (Wildman–Crippen MR) is 473 cm³/mol. The zero-order valence-corrected chi connectivity index (χ0v) is 73.6. The van der Waals surface area contributed by atoms with Crippen LogP contribution in [0.3, 0.4) is 0 Å². The number of aromatic nitrogens is 12. The fourth-order valence-corrected chi connectivity index (χ4v) is 9.35. The van der Waals surface area contributed by atoms with E-state index >= 15 is 0 Å². The van der Waals surface area contributed by atoms with E-state index in [1.54, 1.807) is 60.4 Å². The molecule has 11 heterocycles. The molecule has 8 aromatic rings. The van der Waals surface area contributed by atoms with Gasteiger partial charge in [0.15, 0.2) is 0 Å². The van der Waals surface area contributed by atoms with Gasteiger partial charge in [0.1, 0.15) is 12.7 Å². The normalized spacial score (nSPS) is 12.2. The molecule has 0 amide bonds. The Morgan fingerprint density at radius 1 is 0.339 bits per heavy atom. The Morgan fingerprint density at radius 3 is 0.875 bits per heavy atom. The predicted octanol–water partition coefficient (Wildman–Crippen LogP) is 21.2. The molecule has 0 saturated carbocycles. The number of rotatable bonds is 11. The van der Waals surface area contributed by atoms with Crippen LogP contribution >= 0.6 is 0 Å². The summed E-state index contributed by atoms with van der Waals surface area (Å²) in [5, 5.41) is 26.3. The van der Waals surface area contributed by atoms with E-state index in [4.69, 9.17) is 0 Å². The van der Waals surface area contributed by atoms with E-state index in [1.807, 2.05) is 121 Å². The lowest BCUT2D eigenvalue weighted by atomic mass is 10.0. The first-order valence-corrected chi connectivity index (χ1v) is 39.1. The highest BCUT2D eigenvalue weighted by atomic mass is 16.1. The van der Waals surface area contributed by atoms with Crippen LogP contribution in [-0.2, 0) is 14.1 Å². The molecular formula is C93H137N17O2. The molecule has 606 valence electrons. The SMILES string of the molecule is C=C1C=C(C(C)C)C=CN1.C=C1C=C(C(C)C)C=NN1.C=C1C=C(C(C)C)C=NN1.CC(C)c1ccn(C)c(=O)c1.CC(C)c1ccn(C)c(=O)c1.Cc1cc(C(C)C)ccn1.Cc1cc(C(C)C)ccn1.Cc1cc(C(C)C)cnn1.Cc1cc(C(C)C)cnn1.Cc1cc(C(C)C)ncn1.Cc1cc(C(C)C)ncn1. The molecule has 0 fully saturated rings. The van der Waals surface area contributed by atoms with Crippen LogP contribution in [0.1, 0.15) is 279 Å². The van der Waals surface area contributed by atoms with Crippen molar-refractivity contribution in [2.24, 2.45) is 42.1 Å². The zero-order chi connectivity index (χ0) is 84.9. The van der Waals surface area contributed by atoms with Crippen molar-refractivity contribution in [2.75, 3.05) is 0 Å². The van der Waals surface area contributed by atoms with Crippen molar-refractivity contribution in [1.29, 1.82) is 0 Å². The van der Waals surface area contributed by atoms with Crippen molar-refractivity contribution in [3.05, 3.63) is 306 Å². The van der Waals surface area contributed by atoms with E-state index < -0.39 is 0 Å². The molecule has 112 heavy (non-hydrogen) atoms. The van der Waals surface area contributed by atoms with Crippen LogP contribution in [0.25, 0.3) is 0 Å². The summed E-state index contributed by atoms with van der Waals surface area (Å²) in [5.41, 5.74) is 28.1. The van der Waals surface area contributed by atoms with Crippen molar-refractivity contribution in [2.45, 2.75) is 241 Å². The maximum Gasteiger partial charge on any atom is 0.250 e. The van der Waals surface area contributed by atoms with Crippen LogP contribution in [0, 0.1) is 59.3 Å². The number of allylic oxidation sites excluding steroid dienone is 7. The van der Waals surface area contributed by atoms with Crippen LogP contribution < -0.4 is 27.3 Å². The van der Waals surface area contributed by atoms with Crippen LogP contribution in [0.5, 0.6) is 0 Å². The van der Waals surface area contributed by atoms with Gasteiger partial charge in [-0.1, -0.05) is 172 Å². The minimum Gasteiger partial charge on any atom is -0.362 e. The molecule has 0 bridgehead atoms. The monoisotopic (exact) mass is 1520 g/mol. The standard InChI is InChI=1S/2C9H13NO.3C9H13N.6C8H12N2/c2*1-7(2)8-4-5-10(3)9(11)6-8;3*1-7(2)9-4-5-10-8(3)6-9;2*1-6(2)8-4-7(3)9-5-10-8;4*1-6(2)8-4-7(3)10-9-5-8/h2*4-7H,1-3H3;2*4-7H,1-3H3;4-7,10H,3H2,1-2H3;4*4-6H,1-3H3;2*4-6,10H,3H2,1-2H3. The quantitative estimate of drug-likeness (QED) is 0.109. The van der Waals surface area contributed by atoms with Gasteiger partial charge in [-0.3, -0.25) is 30.4 Å². The van der Waals surface area contributed by atoms with E-state index in [2.05, 4.69) is 297 Å². The first-order valence-electron chi connectivity index (χ1n) is 39.1. The Labute approximate surface area is 674 Å². The molecule has 3 aliphatic heterocycles. The number of dihydropyridines is 1. The fraction of sp³-hybridized carbons (Fsp3) is 0.441. The summed E-state index contributed by atoms with van der Waals surface area (Å²) in [7, 11) is 3.51. The number of nitrogens with zero attached hydrogens (tertiary/aromatic N) is 14. The largest absolute Gasteiger partial charge is 0.362 e. The van der Waals surface area contributed by atoms with Crippen molar-refractivity contribution < 1.29 is 0 Å². The van der Waals surface area contributed by atoms with Crippen molar-refractivity contribution in [3.63, 3.8) is 0 Å². The molecule has 11 rings (SSSR count). The van der Waals surface area contributed by atoms with E-state index in [1.165, 1.54) is 39.0 Å². The molecule has 0 atom stereocenters. The smallest absolute Gasteiger partial charge is 0.250 e. The Bertz CT molecular complexity index is 3890. The number of hydrogen-bond acceptors (Lipinski definition) is 17. The number of pyridine rings is 4. The van der Waals surface area contributed by atoms with E-state index in [9.17, 15) is 9.59 Å². The molecule has 0 radical (unpaired) electrons. The highest BCUT2D eigenvalue weighted by Crippen LogP contribution is 2.20. The molecule has 3 N–H and O–H groups in total. The van der Waals surface area contributed by atoms with Crippen molar-refractivity contribution in [3.8, 4) is 0 Å². The maximum absolute atomic E-state index is 11.1. The summed E-state index contributed by atoms with van der Waals surface area (Å²) < 4.78 is 3.15. The highest BCUT2D eigenvalue weighted by molar-refractivity contribution is 5.81. The number of hydrazone groups is 2. The Hall–Kier alpha value is -10.6. The molecule has 0 saturated heterocycles. The van der Waals surface area contributed by atoms with Gasteiger partial charge in [0.2, 0.25) is 0 Å². The fourth-order valence-electron chi connectivity index (χ4n) is 9.35. The van der Waals surface area contributed by atoms with Crippen LogP contribution in [0.15, 0.2) is 226 Å². The Morgan fingerprint density at radius 2 is 0.652 bits per heavy atom. The lowest BCUT2D eigenvalue weighted by Crippen LogP contribution is -2.15. The average Bonchev–Trinajstić information content (AvgIpc) is 0.876. The summed E-state index contributed by atoms with van der Waals surface area (Å²) in [6.45, 7) is 70.3. The van der Waals surface area contributed by atoms with Gasteiger partial charge < -0.3 is 14.5 Å². The first kappa shape index (κ1) is 99.4. The third-order valence-electron chi connectivity index (χ3n) is 16.9. The second-order valence-corrected chi connectivity index (χ2v) is 31.1. The van der Waals surface area contributed by atoms with Crippen molar-refractivity contribution >= 4 is 12.4 Å². The van der Waals surface area contributed by atoms with E-state index in [0.29, 0.717) is 65.1 Å². The topological polar surface area (TPSA) is 234 Å². The number of nitrogens with one attached hydrogen (secondary N) is 3. The maximum atomic E-state index is 11.1. The third-order valence-corrected chi connectivity index (χ3v) is 16.9. The lowest BCUT2D eigenvalue weighted by molar-refractivity contribution is 0.782. The molecular weight excluding hydrogens is 1390 g/mol. The number of aryl methyl sites for hydroxylation is 8. The molecule has 0 unspecified atom stereocenters. The molecule has 3 aliphatic rings. The van der Waals surface area contributed by atoms with Gasteiger partial charge in [-0.15, -0.1) is 0 Å². The molecule has 8 aromatic heterocycles. The summed E-state index contributed by atoms with van der Waals surface area (Å²) in [6.07, 6.45) is 28.0.